The molecule has 3 aromatic rings. The van der Waals surface area contributed by atoms with Gasteiger partial charge < -0.3 is 14.2 Å². The van der Waals surface area contributed by atoms with E-state index in [9.17, 15) is 4.79 Å². The molecule has 0 spiro atoms. The van der Waals surface area contributed by atoms with Gasteiger partial charge in [0.15, 0.2) is 0 Å². The number of likely N-dealkylation sites (tertiary alicyclic amines) is 1. The molecular formula is C32H37N3O4. The zero-order valence-corrected chi connectivity index (χ0v) is 23.0. The molecule has 2 aliphatic heterocycles. The lowest BCUT2D eigenvalue weighted by Crippen LogP contribution is -2.42. The van der Waals surface area contributed by atoms with E-state index in [1.54, 1.807) is 26.3 Å². The fourth-order valence-electron chi connectivity index (χ4n) is 5.61. The Morgan fingerprint density at radius 2 is 1.62 bits per heavy atom. The highest BCUT2D eigenvalue weighted by atomic mass is 16.5. The Balaban J connectivity index is 1.33. The Bertz CT molecular complexity index is 1300. The Kier molecular flexibility index (Phi) is 8.47. The van der Waals surface area contributed by atoms with E-state index in [1.165, 1.54) is 5.56 Å². The third kappa shape index (κ3) is 6.25. The number of ether oxygens (including phenoxy) is 3. The lowest BCUT2D eigenvalue weighted by molar-refractivity contribution is -0.134. The number of carbonyl (C=O) groups is 1. The molecule has 1 unspecified atom stereocenters. The summed E-state index contributed by atoms with van der Waals surface area (Å²) in [6.45, 7) is 2.18. The van der Waals surface area contributed by atoms with Gasteiger partial charge in [0.2, 0.25) is 0 Å². The fraction of sp³-hybridized carbons (Fsp3) is 0.375. The minimum absolute atomic E-state index is 0.00252. The Morgan fingerprint density at radius 1 is 0.872 bits per heavy atom. The SMILES string of the molecule is COc1cccc(C2=NN(C(=O)CN3CCC(Cc4ccccc4)CC3)C(c3ccc(OC)cc3OC)C2)c1. The first-order chi connectivity index (χ1) is 19.1. The minimum Gasteiger partial charge on any atom is -0.497 e. The number of hydrazone groups is 1. The topological polar surface area (TPSA) is 63.6 Å². The van der Waals surface area contributed by atoms with Crippen LogP contribution in [0.15, 0.2) is 77.9 Å². The molecule has 0 aliphatic carbocycles. The van der Waals surface area contributed by atoms with Crippen LogP contribution >= 0.6 is 0 Å². The second-order valence-electron chi connectivity index (χ2n) is 10.3. The number of rotatable bonds is 9. The van der Waals surface area contributed by atoms with E-state index in [-0.39, 0.29) is 11.9 Å². The average molecular weight is 528 g/mol. The standard InChI is InChI=1S/C32H37N3O4/c1-37-26-11-7-10-25(19-26)29-21-30(28-13-12-27(38-2)20-31(28)39-3)35(33-29)32(36)22-34-16-14-24(15-17-34)18-23-8-5-4-6-9-23/h4-13,19-20,24,30H,14-18,21-22H2,1-3H3. The maximum atomic E-state index is 13.8. The van der Waals surface area contributed by atoms with Crippen LogP contribution in [0.2, 0.25) is 0 Å². The molecule has 3 aromatic carbocycles. The molecule has 2 heterocycles. The molecule has 7 nitrogen and oxygen atoms in total. The number of methoxy groups -OCH3 is 3. The number of piperidine rings is 1. The number of benzene rings is 3. The highest BCUT2D eigenvalue weighted by Crippen LogP contribution is 2.39. The maximum Gasteiger partial charge on any atom is 0.257 e. The zero-order chi connectivity index (χ0) is 27.2. The highest BCUT2D eigenvalue weighted by Gasteiger charge is 2.36. The smallest absolute Gasteiger partial charge is 0.257 e. The average Bonchev–Trinajstić information content (AvgIpc) is 3.44. The van der Waals surface area contributed by atoms with Crippen LogP contribution in [-0.4, -0.2) is 62.5 Å². The molecule has 1 amide bonds. The van der Waals surface area contributed by atoms with Gasteiger partial charge in [0.25, 0.3) is 5.91 Å². The van der Waals surface area contributed by atoms with Gasteiger partial charge in [-0.15, -0.1) is 0 Å². The normalized spacial score (nSPS) is 18.1. The van der Waals surface area contributed by atoms with Crippen molar-refractivity contribution in [3.63, 3.8) is 0 Å². The van der Waals surface area contributed by atoms with Crippen molar-refractivity contribution in [3.05, 3.63) is 89.5 Å². The Morgan fingerprint density at radius 3 is 2.33 bits per heavy atom. The molecule has 1 saturated heterocycles. The van der Waals surface area contributed by atoms with E-state index in [2.05, 4.69) is 35.2 Å². The number of nitrogens with zero attached hydrogens (tertiary/aromatic N) is 3. The van der Waals surface area contributed by atoms with Crippen molar-refractivity contribution in [2.75, 3.05) is 41.0 Å². The number of carbonyl (C=O) groups excluding carboxylic acids is 1. The molecule has 5 rings (SSSR count). The van der Waals surface area contributed by atoms with Crippen molar-refractivity contribution in [1.82, 2.24) is 9.91 Å². The lowest BCUT2D eigenvalue weighted by Gasteiger charge is -2.33. The van der Waals surface area contributed by atoms with Crippen LogP contribution < -0.4 is 14.2 Å². The molecule has 0 saturated carbocycles. The van der Waals surface area contributed by atoms with Crippen molar-refractivity contribution >= 4 is 11.6 Å². The van der Waals surface area contributed by atoms with E-state index < -0.39 is 0 Å². The van der Waals surface area contributed by atoms with Crippen LogP contribution in [0.1, 0.15) is 42.0 Å². The molecule has 0 N–H and O–H groups in total. The van der Waals surface area contributed by atoms with Gasteiger partial charge in [-0.2, -0.15) is 5.10 Å². The van der Waals surface area contributed by atoms with Gasteiger partial charge in [-0.05, 0) is 68.1 Å². The molecule has 1 fully saturated rings. The van der Waals surface area contributed by atoms with Crippen LogP contribution in [0.3, 0.4) is 0 Å². The van der Waals surface area contributed by atoms with Crippen molar-refractivity contribution in [2.24, 2.45) is 11.0 Å². The first kappa shape index (κ1) is 26.8. The molecule has 204 valence electrons. The van der Waals surface area contributed by atoms with Gasteiger partial charge in [0, 0.05) is 23.6 Å². The largest absolute Gasteiger partial charge is 0.497 e. The van der Waals surface area contributed by atoms with E-state index in [0.29, 0.717) is 30.4 Å². The van der Waals surface area contributed by atoms with Crippen LogP contribution in [0.4, 0.5) is 0 Å². The summed E-state index contributed by atoms with van der Waals surface area (Å²) in [7, 11) is 4.93. The lowest BCUT2D eigenvalue weighted by atomic mass is 9.90. The molecule has 1 atom stereocenters. The van der Waals surface area contributed by atoms with Crippen LogP contribution in [0.5, 0.6) is 17.2 Å². The van der Waals surface area contributed by atoms with Crippen molar-refractivity contribution < 1.29 is 19.0 Å². The monoisotopic (exact) mass is 527 g/mol. The third-order valence-electron chi connectivity index (χ3n) is 7.80. The van der Waals surface area contributed by atoms with Crippen molar-refractivity contribution in [3.8, 4) is 17.2 Å². The van der Waals surface area contributed by atoms with Crippen LogP contribution in [0, 0.1) is 5.92 Å². The van der Waals surface area contributed by atoms with Crippen LogP contribution in [-0.2, 0) is 11.2 Å². The van der Waals surface area contributed by atoms with Gasteiger partial charge in [0.1, 0.15) is 17.2 Å². The second-order valence-corrected chi connectivity index (χ2v) is 10.3. The Hall–Kier alpha value is -3.84. The van der Waals surface area contributed by atoms with Gasteiger partial charge in [0.05, 0.1) is 39.6 Å². The maximum absolute atomic E-state index is 13.8. The second kappa shape index (κ2) is 12.3. The molecule has 0 bridgehead atoms. The first-order valence-electron chi connectivity index (χ1n) is 13.6. The predicted octanol–water partition coefficient (Wildman–Crippen LogP) is 5.34. The Labute approximate surface area is 231 Å². The molecule has 0 radical (unpaired) electrons. The fourth-order valence-corrected chi connectivity index (χ4v) is 5.61. The first-order valence-corrected chi connectivity index (χ1v) is 13.6. The molecule has 0 aromatic heterocycles. The number of hydrogen-bond donors (Lipinski definition) is 0. The summed E-state index contributed by atoms with van der Waals surface area (Å²) in [5, 5.41) is 6.54. The molecule has 7 heteroatoms. The summed E-state index contributed by atoms with van der Waals surface area (Å²) < 4.78 is 16.6. The van der Waals surface area contributed by atoms with Gasteiger partial charge in [-0.25, -0.2) is 5.01 Å². The van der Waals surface area contributed by atoms with E-state index in [1.807, 2.05) is 42.5 Å². The summed E-state index contributed by atoms with van der Waals surface area (Å²) >= 11 is 0. The van der Waals surface area contributed by atoms with Gasteiger partial charge in [-0.3, -0.25) is 9.69 Å². The van der Waals surface area contributed by atoms with Gasteiger partial charge >= 0.3 is 0 Å². The van der Waals surface area contributed by atoms with E-state index in [0.717, 1.165) is 54.9 Å². The zero-order valence-electron chi connectivity index (χ0n) is 23.0. The number of amides is 1. The van der Waals surface area contributed by atoms with Crippen molar-refractivity contribution in [2.45, 2.75) is 31.7 Å². The molecule has 39 heavy (non-hydrogen) atoms. The molecule has 2 aliphatic rings. The van der Waals surface area contributed by atoms with E-state index in [4.69, 9.17) is 19.3 Å². The summed E-state index contributed by atoms with van der Waals surface area (Å²) in [4.78, 5) is 16.0. The predicted molar refractivity (Wildman–Crippen MR) is 153 cm³/mol. The number of hydrogen-bond acceptors (Lipinski definition) is 6. The van der Waals surface area contributed by atoms with Crippen molar-refractivity contribution in [1.29, 1.82) is 0 Å². The molecular weight excluding hydrogens is 490 g/mol. The highest BCUT2D eigenvalue weighted by molar-refractivity contribution is 6.03. The van der Waals surface area contributed by atoms with E-state index >= 15 is 0 Å². The van der Waals surface area contributed by atoms with Crippen LogP contribution in [0.25, 0.3) is 0 Å². The summed E-state index contributed by atoms with van der Waals surface area (Å²) in [6, 6.07) is 24.0. The minimum atomic E-state index is -0.268. The summed E-state index contributed by atoms with van der Waals surface area (Å²) in [6.07, 6.45) is 3.87. The third-order valence-corrected chi connectivity index (χ3v) is 7.80. The quantitative estimate of drug-likeness (QED) is 0.376. The van der Waals surface area contributed by atoms with Gasteiger partial charge in [-0.1, -0.05) is 42.5 Å². The summed E-state index contributed by atoms with van der Waals surface area (Å²) in [5.41, 5.74) is 4.10. The summed E-state index contributed by atoms with van der Waals surface area (Å²) in [5.74, 6) is 2.80.